The van der Waals surface area contributed by atoms with Crippen LogP contribution in [-0.2, 0) is 10.1 Å². The average molecular weight is 540 g/mol. The molecule has 6 rings (SSSR count). The summed E-state index contributed by atoms with van der Waals surface area (Å²) in [6, 6.07) is 30.3. The molecule has 0 aromatic heterocycles. The van der Waals surface area contributed by atoms with Gasteiger partial charge < -0.3 is 25.2 Å². The van der Waals surface area contributed by atoms with Crippen molar-refractivity contribution in [2.24, 2.45) is 0 Å². The number of carbonyl (C=O) groups is 1. The number of phenols is 1. The first-order valence-corrected chi connectivity index (χ1v) is 13.1. The number of hydrogen-bond acceptors (Lipinski definition) is 6. The molecule has 1 heterocycles. The first kappa shape index (κ1) is 25.4. The maximum absolute atomic E-state index is 12.5. The number of aromatic hydroxyl groups is 1. The predicted molar refractivity (Wildman–Crippen MR) is 148 cm³/mol. The summed E-state index contributed by atoms with van der Waals surface area (Å²) in [6.45, 7) is 0. The number of rotatable bonds is 4. The Morgan fingerprint density at radius 3 is 2.03 bits per heavy atom. The third kappa shape index (κ3) is 5.13. The van der Waals surface area contributed by atoms with E-state index < -0.39 is 21.8 Å². The fourth-order valence-electron chi connectivity index (χ4n) is 4.13. The van der Waals surface area contributed by atoms with Crippen LogP contribution in [0.25, 0.3) is 16.3 Å². The lowest BCUT2D eigenvalue weighted by molar-refractivity contribution is 0.0693. The van der Waals surface area contributed by atoms with Gasteiger partial charge in [0.25, 0.3) is 0 Å². The molecule has 3 N–H and O–H groups in total. The molecule has 1 aliphatic heterocycles. The molecule has 10 heteroatoms. The highest BCUT2D eigenvalue weighted by molar-refractivity contribution is 7.87. The topological polar surface area (TPSA) is 138 Å². The quantitative estimate of drug-likeness (QED) is 0.169. The van der Waals surface area contributed by atoms with Crippen LogP contribution in [0.5, 0.6) is 11.5 Å². The summed E-state index contributed by atoms with van der Waals surface area (Å²) in [7, 11) is -4.15. The van der Waals surface area contributed by atoms with Gasteiger partial charge in [0.2, 0.25) is 11.4 Å². The molecule has 0 radical (unpaired) electrons. The maximum atomic E-state index is 12.5. The Kier molecular flexibility index (Phi) is 6.70. The molecule has 5 aromatic carbocycles. The number of benzene rings is 5. The van der Waals surface area contributed by atoms with Gasteiger partial charge in [-0.1, -0.05) is 60.7 Å². The molecule has 1 aliphatic rings. The minimum absolute atomic E-state index is 0.0117. The van der Waals surface area contributed by atoms with Crippen LogP contribution in [-0.4, -0.2) is 24.6 Å². The first-order chi connectivity index (χ1) is 18.7. The van der Waals surface area contributed by atoms with Crippen molar-refractivity contribution in [1.82, 2.24) is 4.70 Å². The second kappa shape index (κ2) is 10.3. The number of carboxylic acid groups (broad SMARTS) is 1. The van der Waals surface area contributed by atoms with Crippen molar-refractivity contribution in [3.05, 3.63) is 120 Å². The van der Waals surface area contributed by atoms with Crippen LogP contribution in [0.15, 0.2) is 114 Å². The van der Waals surface area contributed by atoms with Crippen molar-refractivity contribution in [3.63, 3.8) is 0 Å². The molecule has 0 saturated heterocycles. The minimum Gasteiger partial charge on any atom is -0.507 e. The Balaban J connectivity index is 0.000000175. The average Bonchev–Trinajstić information content (AvgIpc) is 2.93. The zero-order valence-corrected chi connectivity index (χ0v) is 21.0. The smallest absolute Gasteiger partial charge is 0.339 e. The van der Waals surface area contributed by atoms with Crippen molar-refractivity contribution < 1.29 is 27.6 Å². The van der Waals surface area contributed by atoms with Gasteiger partial charge in [-0.3, -0.25) is 0 Å². The lowest BCUT2D eigenvalue weighted by Crippen LogP contribution is -2.10. The molecule has 0 amide bonds. The van der Waals surface area contributed by atoms with E-state index in [1.54, 1.807) is 36.4 Å². The summed E-state index contributed by atoms with van der Waals surface area (Å²) in [5, 5.41) is 23.0. The Morgan fingerprint density at radius 1 is 0.795 bits per heavy atom. The van der Waals surface area contributed by atoms with Gasteiger partial charge in [0, 0.05) is 23.6 Å². The molecule has 9 nitrogen and oxygen atoms in total. The van der Waals surface area contributed by atoms with E-state index in [2.05, 4.69) is 5.32 Å². The third-order valence-corrected chi connectivity index (χ3v) is 7.26. The first-order valence-electron chi connectivity index (χ1n) is 11.7. The molecule has 0 unspecified atom stereocenters. The maximum Gasteiger partial charge on any atom is 0.339 e. The fourth-order valence-corrected chi connectivity index (χ4v) is 5.28. The lowest BCUT2D eigenvalue weighted by Gasteiger charge is -2.19. The zero-order valence-electron chi connectivity index (χ0n) is 20.2. The van der Waals surface area contributed by atoms with Gasteiger partial charge in [-0.05, 0) is 35.7 Å². The number of nitrogens with one attached hydrogen (secondary N) is 1. The Labute approximate surface area is 223 Å². The SMILES string of the molecule is O=C(O)c1ccc(OS(=O)(=O)c2cccc3ccccc23)cc1O.[N-]=[N+]1c2ccccc2Nc2ccccc21. The number of anilines is 2. The normalized spacial score (nSPS) is 11.8. The Morgan fingerprint density at radius 2 is 1.38 bits per heavy atom. The van der Waals surface area contributed by atoms with Crippen LogP contribution >= 0.6 is 0 Å². The summed E-state index contributed by atoms with van der Waals surface area (Å²) in [5.74, 6) is -2.07. The highest BCUT2D eigenvalue weighted by atomic mass is 32.2. The molecule has 0 saturated carbocycles. The van der Waals surface area contributed by atoms with Crippen molar-refractivity contribution >= 4 is 49.6 Å². The van der Waals surface area contributed by atoms with Crippen molar-refractivity contribution in [3.8, 4) is 11.5 Å². The second-order valence-electron chi connectivity index (χ2n) is 8.47. The van der Waals surface area contributed by atoms with Crippen LogP contribution in [0.4, 0.5) is 22.7 Å². The largest absolute Gasteiger partial charge is 0.507 e. The predicted octanol–water partition coefficient (Wildman–Crippen LogP) is 6.61. The molecule has 0 fully saturated rings. The summed E-state index contributed by atoms with van der Waals surface area (Å²) in [5.41, 5.74) is 13.0. The van der Waals surface area contributed by atoms with E-state index in [4.69, 9.17) is 9.29 Å². The van der Waals surface area contributed by atoms with Crippen molar-refractivity contribution in [2.45, 2.75) is 4.90 Å². The van der Waals surface area contributed by atoms with Gasteiger partial charge in [0.05, 0.1) is 0 Å². The molecule has 0 aliphatic carbocycles. The molecule has 0 bridgehead atoms. The van der Waals surface area contributed by atoms with Crippen molar-refractivity contribution in [1.29, 1.82) is 0 Å². The molecule has 0 atom stereocenters. The van der Waals surface area contributed by atoms with Gasteiger partial charge in [0.1, 0.15) is 33.3 Å². The van der Waals surface area contributed by atoms with Crippen LogP contribution in [0, 0.1) is 0 Å². The number of para-hydroxylation sites is 4. The van der Waals surface area contributed by atoms with Gasteiger partial charge in [-0.15, -0.1) is 0 Å². The van der Waals surface area contributed by atoms with Crippen LogP contribution in [0.3, 0.4) is 0 Å². The van der Waals surface area contributed by atoms with E-state index >= 15 is 0 Å². The third-order valence-electron chi connectivity index (χ3n) is 5.96. The Hall–Kier alpha value is -5.22. The van der Waals surface area contributed by atoms with E-state index in [0.717, 1.165) is 40.3 Å². The van der Waals surface area contributed by atoms with Crippen LogP contribution in [0.2, 0.25) is 0 Å². The van der Waals surface area contributed by atoms with Crippen LogP contribution in [0.1, 0.15) is 10.4 Å². The molecular formula is C29H21N3O6S. The highest BCUT2D eigenvalue weighted by Crippen LogP contribution is 2.40. The summed E-state index contributed by atoms with van der Waals surface area (Å²) in [4.78, 5) is 10.9. The van der Waals surface area contributed by atoms with E-state index in [0.29, 0.717) is 5.39 Å². The number of hydrogen-bond donors (Lipinski definition) is 3. The van der Waals surface area contributed by atoms with E-state index in [1.165, 1.54) is 16.8 Å². The highest BCUT2D eigenvalue weighted by Gasteiger charge is 2.22. The van der Waals surface area contributed by atoms with Crippen LogP contribution < -0.4 is 14.2 Å². The Bertz CT molecular complexity index is 1800. The second-order valence-corrected chi connectivity index (χ2v) is 9.98. The summed E-state index contributed by atoms with van der Waals surface area (Å²) in [6.07, 6.45) is 0. The fraction of sp³-hybridized carbons (Fsp3) is 0. The number of aromatic carboxylic acids is 1. The van der Waals surface area contributed by atoms with Crippen molar-refractivity contribution in [2.75, 3.05) is 5.32 Å². The van der Waals surface area contributed by atoms with Gasteiger partial charge >= 0.3 is 16.1 Å². The molecule has 0 spiro atoms. The minimum atomic E-state index is -4.15. The standard InChI is InChI=1S/C17H12O6S.C12H9N3/c18-15-10-12(8-9-14(15)17(19)20)23-24(21,22)16-7-3-5-11-4-1-2-6-13(11)16;13-15-11-7-3-1-5-9(11)14-10-6-2-4-8-12(10)15/h1-10,18H,(H,19,20);1-8,14H. The number of nitrogens with zero attached hydrogens (tertiary/aromatic N) is 2. The van der Waals surface area contributed by atoms with Gasteiger partial charge in [-0.25, -0.2) is 9.49 Å². The molecular weight excluding hydrogens is 518 g/mol. The lowest BCUT2D eigenvalue weighted by atomic mass is 10.1. The zero-order chi connectivity index (χ0) is 27.6. The summed E-state index contributed by atoms with van der Waals surface area (Å²) < 4.78 is 31.3. The molecule has 39 heavy (non-hydrogen) atoms. The van der Waals surface area contributed by atoms with E-state index in [-0.39, 0.29) is 16.2 Å². The number of carboxylic acids is 1. The number of fused-ring (bicyclic) bond motifs is 3. The molecule has 194 valence electrons. The summed E-state index contributed by atoms with van der Waals surface area (Å²) >= 11 is 0. The van der Waals surface area contributed by atoms with Gasteiger partial charge in [0.15, 0.2) is 0 Å². The van der Waals surface area contributed by atoms with E-state index in [1.807, 2.05) is 48.5 Å². The van der Waals surface area contributed by atoms with E-state index in [9.17, 15) is 23.8 Å². The monoisotopic (exact) mass is 539 g/mol. The molecule has 5 aromatic rings. The van der Waals surface area contributed by atoms with Gasteiger partial charge in [-0.2, -0.15) is 8.42 Å².